The van der Waals surface area contributed by atoms with Crippen LogP contribution in [0.25, 0.3) is 0 Å². The summed E-state index contributed by atoms with van der Waals surface area (Å²) in [5.41, 5.74) is 6.35. The molecule has 5 nitrogen and oxygen atoms in total. The average Bonchev–Trinajstić information content (AvgIpc) is 2.75. The molecule has 1 aliphatic heterocycles. The standard InChI is InChI=1S/C12H20N4O/c1-9-3-4-10(5-13)7-16(9)12(17)11-6-14-8-15(11)2/h6,8-10H,3-5,7,13H2,1-2H3. The van der Waals surface area contributed by atoms with E-state index in [2.05, 4.69) is 11.9 Å². The van der Waals surface area contributed by atoms with E-state index in [9.17, 15) is 4.79 Å². The Balaban J connectivity index is 2.15. The van der Waals surface area contributed by atoms with Gasteiger partial charge in [0.05, 0.1) is 12.5 Å². The van der Waals surface area contributed by atoms with Gasteiger partial charge >= 0.3 is 0 Å². The number of amides is 1. The molecule has 1 fully saturated rings. The quantitative estimate of drug-likeness (QED) is 0.818. The molecule has 1 aliphatic rings. The van der Waals surface area contributed by atoms with Gasteiger partial charge in [-0.15, -0.1) is 0 Å². The molecule has 1 aromatic heterocycles. The lowest BCUT2D eigenvalue weighted by molar-refractivity contribution is 0.0557. The van der Waals surface area contributed by atoms with Crippen LogP contribution in [-0.2, 0) is 7.05 Å². The van der Waals surface area contributed by atoms with Gasteiger partial charge < -0.3 is 15.2 Å². The predicted molar refractivity (Wildman–Crippen MR) is 65.5 cm³/mol. The molecule has 2 unspecified atom stereocenters. The number of carbonyl (C=O) groups excluding carboxylic acids is 1. The van der Waals surface area contributed by atoms with Crippen molar-refractivity contribution in [3.8, 4) is 0 Å². The van der Waals surface area contributed by atoms with E-state index in [1.165, 1.54) is 0 Å². The number of nitrogens with zero attached hydrogens (tertiary/aromatic N) is 3. The Hall–Kier alpha value is -1.36. The zero-order valence-electron chi connectivity index (χ0n) is 10.5. The van der Waals surface area contributed by atoms with Crippen molar-refractivity contribution in [3.63, 3.8) is 0 Å². The smallest absolute Gasteiger partial charge is 0.272 e. The molecule has 5 heteroatoms. The fourth-order valence-electron chi connectivity index (χ4n) is 2.37. The Morgan fingerprint density at radius 2 is 2.35 bits per heavy atom. The first kappa shape index (κ1) is 12.1. The van der Waals surface area contributed by atoms with Crippen LogP contribution in [0.15, 0.2) is 12.5 Å². The summed E-state index contributed by atoms with van der Waals surface area (Å²) in [6.45, 7) is 3.52. The number of hydrogen-bond acceptors (Lipinski definition) is 3. The van der Waals surface area contributed by atoms with Crippen LogP contribution < -0.4 is 5.73 Å². The van der Waals surface area contributed by atoms with Crippen molar-refractivity contribution in [1.29, 1.82) is 0 Å². The highest BCUT2D eigenvalue weighted by molar-refractivity contribution is 5.92. The minimum atomic E-state index is 0.0654. The molecule has 1 saturated heterocycles. The van der Waals surface area contributed by atoms with Gasteiger partial charge in [-0.25, -0.2) is 4.98 Å². The molecule has 0 spiro atoms. The maximum Gasteiger partial charge on any atom is 0.272 e. The van der Waals surface area contributed by atoms with E-state index in [0.29, 0.717) is 24.2 Å². The van der Waals surface area contributed by atoms with Crippen LogP contribution in [0.4, 0.5) is 0 Å². The highest BCUT2D eigenvalue weighted by atomic mass is 16.2. The predicted octanol–water partition coefficient (Wildman–Crippen LogP) is 0.619. The van der Waals surface area contributed by atoms with Crippen LogP contribution >= 0.6 is 0 Å². The fourth-order valence-corrected chi connectivity index (χ4v) is 2.37. The molecule has 0 aromatic carbocycles. The summed E-state index contributed by atoms with van der Waals surface area (Å²) in [7, 11) is 1.84. The van der Waals surface area contributed by atoms with Crippen LogP contribution in [0.1, 0.15) is 30.3 Å². The van der Waals surface area contributed by atoms with Gasteiger partial charge in [-0.3, -0.25) is 4.79 Å². The van der Waals surface area contributed by atoms with Crippen molar-refractivity contribution < 1.29 is 4.79 Å². The zero-order chi connectivity index (χ0) is 12.4. The van der Waals surface area contributed by atoms with Crippen molar-refractivity contribution >= 4 is 5.91 Å². The number of likely N-dealkylation sites (tertiary alicyclic amines) is 1. The molecule has 0 bridgehead atoms. The Labute approximate surface area is 102 Å². The van der Waals surface area contributed by atoms with Crippen LogP contribution in [0.3, 0.4) is 0 Å². The number of aryl methyl sites for hydroxylation is 1. The Morgan fingerprint density at radius 3 is 2.94 bits per heavy atom. The summed E-state index contributed by atoms with van der Waals surface area (Å²) in [6, 6.07) is 0.292. The largest absolute Gasteiger partial charge is 0.334 e. The van der Waals surface area contributed by atoms with E-state index < -0.39 is 0 Å². The van der Waals surface area contributed by atoms with Gasteiger partial charge in [0.25, 0.3) is 5.91 Å². The van der Waals surface area contributed by atoms with Crippen LogP contribution in [0.2, 0.25) is 0 Å². The molecule has 1 aromatic rings. The van der Waals surface area contributed by atoms with Gasteiger partial charge in [0.1, 0.15) is 5.69 Å². The van der Waals surface area contributed by atoms with Crippen molar-refractivity contribution in [2.24, 2.45) is 18.7 Å². The number of aromatic nitrogens is 2. The Kier molecular flexibility index (Phi) is 3.47. The van der Waals surface area contributed by atoms with Crippen molar-refractivity contribution in [2.75, 3.05) is 13.1 Å². The minimum absolute atomic E-state index is 0.0654. The van der Waals surface area contributed by atoms with Crippen molar-refractivity contribution in [1.82, 2.24) is 14.5 Å². The summed E-state index contributed by atoms with van der Waals surface area (Å²) < 4.78 is 1.76. The van der Waals surface area contributed by atoms with Gasteiger partial charge in [0.15, 0.2) is 0 Å². The topological polar surface area (TPSA) is 64.2 Å². The lowest BCUT2D eigenvalue weighted by atomic mass is 9.93. The molecule has 2 rings (SSSR count). The third kappa shape index (κ3) is 2.34. The first-order chi connectivity index (χ1) is 8.13. The Bertz CT molecular complexity index is 401. The van der Waals surface area contributed by atoms with Crippen molar-refractivity contribution in [2.45, 2.75) is 25.8 Å². The van der Waals surface area contributed by atoms with Crippen LogP contribution in [0.5, 0.6) is 0 Å². The maximum absolute atomic E-state index is 12.4. The lowest BCUT2D eigenvalue weighted by Crippen LogP contribution is -2.47. The normalized spacial score (nSPS) is 25.0. The van der Waals surface area contributed by atoms with E-state index in [1.807, 2.05) is 11.9 Å². The monoisotopic (exact) mass is 236 g/mol. The Morgan fingerprint density at radius 1 is 1.59 bits per heavy atom. The highest BCUT2D eigenvalue weighted by Crippen LogP contribution is 2.22. The van der Waals surface area contributed by atoms with Crippen LogP contribution in [-0.4, -0.2) is 39.5 Å². The van der Waals surface area contributed by atoms with Gasteiger partial charge in [0, 0.05) is 19.6 Å². The molecular weight excluding hydrogens is 216 g/mol. The second-order valence-corrected chi connectivity index (χ2v) is 4.88. The molecule has 0 aliphatic carbocycles. The molecule has 2 N–H and O–H groups in total. The van der Waals surface area contributed by atoms with E-state index in [-0.39, 0.29) is 5.91 Å². The number of imidazole rings is 1. The lowest BCUT2D eigenvalue weighted by Gasteiger charge is -2.37. The third-order valence-corrected chi connectivity index (χ3v) is 3.61. The van der Waals surface area contributed by atoms with E-state index in [4.69, 9.17) is 5.73 Å². The molecule has 2 heterocycles. The fraction of sp³-hybridized carbons (Fsp3) is 0.667. The highest BCUT2D eigenvalue weighted by Gasteiger charge is 2.29. The second-order valence-electron chi connectivity index (χ2n) is 4.88. The molecule has 2 atom stereocenters. The maximum atomic E-state index is 12.4. The number of carbonyl (C=O) groups is 1. The van der Waals surface area contributed by atoms with E-state index in [1.54, 1.807) is 17.1 Å². The minimum Gasteiger partial charge on any atom is -0.334 e. The van der Waals surface area contributed by atoms with E-state index >= 15 is 0 Å². The molecule has 0 saturated carbocycles. The van der Waals surface area contributed by atoms with E-state index in [0.717, 1.165) is 19.4 Å². The number of hydrogen-bond donors (Lipinski definition) is 1. The first-order valence-electron chi connectivity index (χ1n) is 6.10. The second kappa shape index (κ2) is 4.87. The molecule has 1 amide bonds. The van der Waals surface area contributed by atoms with Gasteiger partial charge in [-0.2, -0.15) is 0 Å². The number of piperidine rings is 1. The van der Waals surface area contributed by atoms with Crippen LogP contribution in [0, 0.1) is 5.92 Å². The number of nitrogens with two attached hydrogens (primary N) is 1. The zero-order valence-corrected chi connectivity index (χ0v) is 10.5. The van der Waals surface area contributed by atoms with Gasteiger partial charge in [-0.1, -0.05) is 0 Å². The summed E-state index contributed by atoms with van der Waals surface area (Å²) in [5.74, 6) is 0.499. The molecule has 0 radical (unpaired) electrons. The summed E-state index contributed by atoms with van der Waals surface area (Å²) >= 11 is 0. The van der Waals surface area contributed by atoms with Gasteiger partial charge in [-0.05, 0) is 32.2 Å². The van der Waals surface area contributed by atoms with Crippen molar-refractivity contribution in [3.05, 3.63) is 18.2 Å². The molecule has 17 heavy (non-hydrogen) atoms. The summed E-state index contributed by atoms with van der Waals surface area (Å²) in [4.78, 5) is 18.3. The number of rotatable bonds is 2. The summed E-state index contributed by atoms with van der Waals surface area (Å²) in [5, 5.41) is 0. The molecule has 94 valence electrons. The first-order valence-corrected chi connectivity index (χ1v) is 6.10. The third-order valence-electron chi connectivity index (χ3n) is 3.61. The average molecular weight is 236 g/mol. The summed E-state index contributed by atoms with van der Waals surface area (Å²) in [6.07, 6.45) is 5.43. The van der Waals surface area contributed by atoms with Gasteiger partial charge in [0.2, 0.25) is 0 Å². The SMILES string of the molecule is CC1CCC(CN)CN1C(=O)c1cncn1C. The molecular formula is C12H20N4O.